The van der Waals surface area contributed by atoms with Gasteiger partial charge in [-0.3, -0.25) is 14.9 Å². The van der Waals surface area contributed by atoms with E-state index in [1.54, 1.807) is 4.90 Å². The average Bonchev–Trinajstić information content (AvgIpc) is 2.59. The van der Waals surface area contributed by atoms with Gasteiger partial charge in [0.1, 0.15) is 11.4 Å². The molecule has 1 saturated heterocycles. The molecule has 0 aromatic heterocycles. The second kappa shape index (κ2) is 2.80. The van der Waals surface area contributed by atoms with Crippen molar-refractivity contribution in [1.82, 2.24) is 10.2 Å². The molecule has 4 heteroatoms. The van der Waals surface area contributed by atoms with Crippen molar-refractivity contribution in [3.8, 4) is 0 Å². The molecule has 1 aliphatic heterocycles. The molecule has 1 heterocycles. The Morgan fingerprint density at radius 2 is 2.31 bits per heavy atom. The number of carbonyl (C=O) groups excluding carboxylic acids is 2. The third kappa shape index (κ3) is 1.16. The van der Waals surface area contributed by atoms with Crippen LogP contribution in [0.15, 0.2) is 0 Å². The number of hydrogen-bond acceptors (Lipinski definition) is 3. The van der Waals surface area contributed by atoms with Crippen molar-refractivity contribution in [3.05, 3.63) is 0 Å². The number of nitrogens with zero attached hydrogens (tertiary/aromatic N) is 1. The molecule has 1 saturated carbocycles. The van der Waals surface area contributed by atoms with Gasteiger partial charge in [-0.25, -0.2) is 0 Å². The summed E-state index contributed by atoms with van der Waals surface area (Å²) in [6.07, 6.45) is 1.88. The van der Waals surface area contributed by atoms with E-state index in [9.17, 15) is 9.59 Å². The van der Waals surface area contributed by atoms with Crippen LogP contribution < -0.4 is 5.32 Å². The van der Waals surface area contributed by atoms with E-state index in [0.717, 1.165) is 6.42 Å². The molecule has 0 radical (unpaired) electrons. The zero-order chi connectivity index (χ0) is 9.47. The van der Waals surface area contributed by atoms with E-state index in [4.69, 9.17) is 0 Å². The number of hydrogen-bond donors (Lipinski definition) is 1. The molecule has 1 spiro atoms. The molecule has 1 N–H and O–H groups in total. The summed E-state index contributed by atoms with van der Waals surface area (Å²) in [6.45, 7) is 3.04. The molecule has 2 rings (SSSR count). The van der Waals surface area contributed by atoms with E-state index in [-0.39, 0.29) is 17.4 Å². The van der Waals surface area contributed by atoms with E-state index in [0.29, 0.717) is 25.9 Å². The van der Waals surface area contributed by atoms with Crippen LogP contribution in [0.25, 0.3) is 0 Å². The zero-order valence-electron chi connectivity index (χ0n) is 7.80. The van der Waals surface area contributed by atoms with Gasteiger partial charge in [-0.05, 0) is 13.3 Å². The minimum Gasteiger partial charge on any atom is -0.323 e. The third-order valence-electron chi connectivity index (χ3n) is 3.01. The highest BCUT2D eigenvalue weighted by Gasteiger charge is 2.48. The van der Waals surface area contributed by atoms with Crippen LogP contribution in [0.4, 0.5) is 0 Å². The molecule has 1 atom stereocenters. The van der Waals surface area contributed by atoms with Gasteiger partial charge in [0.15, 0.2) is 0 Å². The highest BCUT2D eigenvalue weighted by molar-refractivity contribution is 5.87. The second-order valence-corrected chi connectivity index (χ2v) is 3.74. The van der Waals surface area contributed by atoms with E-state index in [1.807, 2.05) is 6.92 Å². The minimum absolute atomic E-state index is 0.122. The quantitative estimate of drug-likeness (QED) is 0.615. The standard InChI is InChI=1S/C9H14N2O2/c1-2-11-8(13)6-10-9(11)4-3-7(12)5-9/h10H,2-6H2,1H3. The lowest BCUT2D eigenvalue weighted by molar-refractivity contribution is -0.130. The summed E-state index contributed by atoms with van der Waals surface area (Å²) in [5, 5.41) is 3.17. The Labute approximate surface area is 77.3 Å². The highest BCUT2D eigenvalue weighted by atomic mass is 16.2. The van der Waals surface area contributed by atoms with Gasteiger partial charge < -0.3 is 4.90 Å². The van der Waals surface area contributed by atoms with Crippen molar-refractivity contribution in [1.29, 1.82) is 0 Å². The van der Waals surface area contributed by atoms with E-state index >= 15 is 0 Å². The van der Waals surface area contributed by atoms with Gasteiger partial charge in [0.2, 0.25) is 5.91 Å². The molecule has 4 nitrogen and oxygen atoms in total. The predicted molar refractivity (Wildman–Crippen MR) is 47.0 cm³/mol. The monoisotopic (exact) mass is 182 g/mol. The number of carbonyl (C=O) groups is 2. The molecule has 0 aromatic rings. The van der Waals surface area contributed by atoms with Gasteiger partial charge in [0.25, 0.3) is 0 Å². The lowest BCUT2D eigenvalue weighted by atomic mass is 10.1. The maximum atomic E-state index is 11.4. The Morgan fingerprint density at radius 3 is 2.85 bits per heavy atom. The number of amides is 1. The molecule has 1 unspecified atom stereocenters. The maximum Gasteiger partial charge on any atom is 0.238 e. The van der Waals surface area contributed by atoms with Crippen LogP contribution in [-0.2, 0) is 9.59 Å². The Morgan fingerprint density at radius 1 is 1.54 bits per heavy atom. The van der Waals surface area contributed by atoms with Gasteiger partial charge in [-0.2, -0.15) is 0 Å². The van der Waals surface area contributed by atoms with Crippen LogP contribution >= 0.6 is 0 Å². The Hall–Kier alpha value is -0.900. The number of likely N-dealkylation sites (N-methyl/N-ethyl adjacent to an activating group) is 1. The molecule has 1 aliphatic carbocycles. The van der Waals surface area contributed by atoms with Crippen molar-refractivity contribution in [3.63, 3.8) is 0 Å². The molecule has 0 bridgehead atoms. The number of ketones is 1. The smallest absolute Gasteiger partial charge is 0.238 e. The fourth-order valence-corrected chi connectivity index (χ4v) is 2.38. The van der Waals surface area contributed by atoms with Crippen molar-refractivity contribution >= 4 is 11.7 Å². The van der Waals surface area contributed by atoms with Gasteiger partial charge >= 0.3 is 0 Å². The van der Waals surface area contributed by atoms with E-state index in [2.05, 4.69) is 5.32 Å². The fourth-order valence-electron chi connectivity index (χ4n) is 2.38. The average molecular weight is 182 g/mol. The molecule has 2 fully saturated rings. The van der Waals surface area contributed by atoms with Crippen LogP contribution in [0.1, 0.15) is 26.2 Å². The summed E-state index contributed by atoms with van der Waals surface area (Å²) in [7, 11) is 0. The summed E-state index contributed by atoms with van der Waals surface area (Å²) < 4.78 is 0. The van der Waals surface area contributed by atoms with Gasteiger partial charge in [-0.1, -0.05) is 0 Å². The van der Waals surface area contributed by atoms with Crippen LogP contribution in [0, 0.1) is 0 Å². The molecule has 2 aliphatic rings. The summed E-state index contributed by atoms with van der Waals surface area (Å²) in [5.41, 5.74) is -0.317. The first kappa shape index (κ1) is 8.69. The van der Waals surface area contributed by atoms with E-state index < -0.39 is 0 Å². The van der Waals surface area contributed by atoms with Crippen LogP contribution in [0.2, 0.25) is 0 Å². The third-order valence-corrected chi connectivity index (χ3v) is 3.01. The second-order valence-electron chi connectivity index (χ2n) is 3.74. The lowest BCUT2D eigenvalue weighted by Crippen LogP contribution is -2.50. The molecular formula is C9H14N2O2. The van der Waals surface area contributed by atoms with E-state index in [1.165, 1.54) is 0 Å². The van der Waals surface area contributed by atoms with Crippen molar-refractivity contribution < 1.29 is 9.59 Å². The summed E-state index contributed by atoms with van der Waals surface area (Å²) >= 11 is 0. The SMILES string of the molecule is CCN1C(=O)CNC12CCC(=O)C2. The first-order valence-corrected chi connectivity index (χ1v) is 4.75. The normalized spacial score (nSPS) is 33.8. The van der Waals surface area contributed by atoms with Crippen LogP contribution in [0.3, 0.4) is 0 Å². The first-order chi connectivity index (χ1) is 6.18. The topological polar surface area (TPSA) is 49.4 Å². The summed E-state index contributed by atoms with van der Waals surface area (Å²) in [6, 6.07) is 0. The van der Waals surface area contributed by atoms with Crippen molar-refractivity contribution in [2.75, 3.05) is 13.1 Å². The number of Topliss-reactive ketones (excluding diaryl/α,β-unsaturated/α-hetero) is 1. The van der Waals surface area contributed by atoms with Crippen molar-refractivity contribution in [2.24, 2.45) is 0 Å². The Kier molecular flexibility index (Phi) is 1.87. The number of nitrogens with one attached hydrogen (secondary N) is 1. The molecule has 0 aromatic carbocycles. The summed E-state index contributed by atoms with van der Waals surface area (Å²) in [4.78, 5) is 24.4. The Bertz CT molecular complexity index is 260. The first-order valence-electron chi connectivity index (χ1n) is 4.75. The van der Waals surface area contributed by atoms with Gasteiger partial charge in [0.05, 0.1) is 6.54 Å². The lowest BCUT2D eigenvalue weighted by Gasteiger charge is -2.33. The van der Waals surface area contributed by atoms with Crippen LogP contribution in [0.5, 0.6) is 0 Å². The molecule has 13 heavy (non-hydrogen) atoms. The number of rotatable bonds is 1. The molecular weight excluding hydrogens is 168 g/mol. The predicted octanol–water partition coefficient (Wildman–Crippen LogP) is -0.113. The largest absolute Gasteiger partial charge is 0.323 e. The molecule has 72 valence electrons. The van der Waals surface area contributed by atoms with Gasteiger partial charge in [0, 0.05) is 19.4 Å². The van der Waals surface area contributed by atoms with Crippen LogP contribution in [-0.4, -0.2) is 35.3 Å². The summed E-state index contributed by atoms with van der Waals surface area (Å²) in [5.74, 6) is 0.387. The minimum atomic E-state index is -0.317. The Balaban J connectivity index is 2.23. The zero-order valence-corrected chi connectivity index (χ0v) is 7.80. The molecule has 1 amide bonds. The van der Waals surface area contributed by atoms with Crippen molar-refractivity contribution in [2.45, 2.75) is 31.8 Å². The van der Waals surface area contributed by atoms with Gasteiger partial charge in [-0.15, -0.1) is 0 Å². The maximum absolute atomic E-state index is 11.4. The fraction of sp³-hybridized carbons (Fsp3) is 0.778. The highest BCUT2D eigenvalue weighted by Crippen LogP contribution is 2.33.